The van der Waals surface area contributed by atoms with Gasteiger partial charge in [0.05, 0.1) is 5.69 Å². The van der Waals surface area contributed by atoms with Gasteiger partial charge in [0.1, 0.15) is 0 Å². The van der Waals surface area contributed by atoms with E-state index in [1.54, 1.807) is 12.1 Å². The summed E-state index contributed by atoms with van der Waals surface area (Å²) in [6, 6.07) is 5.12. The first-order chi connectivity index (χ1) is 7.06. The maximum Gasteiger partial charge on any atom is 0.0949 e. The van der Waals surface area contributed by atoms with Crippen LogP contribution in [0, 0.1) is 0 Å². The third kappa shape index (κ3) is 2.68. The molecule has 0 amide bonds. The first-order valence-electron chi connectivity index (χ1n) is 4.66. The topological polar surface area (TPSA) is 43.7 Å². The Balaban J connectivity index is 3.27. The van der Waals surface area contributed by atoms with Gasteiger partial charge in [0.25, 0.3) is 0 Å². The number of anilines is 1. The van der Waals surface area contributed by atoms with Gasteiger partial charge in [0.2, 0.25) is 0 Å². The summed E-state index contributed by atoms with van der Waals surface area (Å²) in [7, 11) is 0. The Morgan fingerprint density at radius 2 is 2.07 bits per heavy atom. The molecule has 3 heteroatoms. The molecule has 0 radical (unpaired) electrons. The smallest absolute Gasteiger partial charge is 0.0949 e. The second-order valence-electron chi connectivity index (χ2n) is 3.34. The minimum absolute atomic E-state index is 0.103. The average molecular weight is 205 g/mol. The Kier molecular flexibility index (Phi) is 3.66. The van der Waals surface area contributed by atoms with E-state index in [1.807, 2.05) is 32.1 Å². The van der Waals surface area contributed by atoms with Crippen LogP contribution in [0.4, 0.5) is 5.69 Å². The van der Waals surface area contributed by atoms with Gasteiger partial charge < -0.3 is 0 Å². The summed E-state index contributed by atoms with van der Waals surface area (Å²) in [6.07, 6.45) is 3.88. The van der Waals surface area contributed by atoms with Gasteiger partial charge in [-0.1, -0.05) is 30.4 Å². The highest BCUT2D eigenvalue weighted by molar-refractivity contribution is 5.74. The van der Waals surface area contributed by atoms with Gasteiger partial charge in [0.15, 0.2) is 0 Å². The molecule has 2 N–H and O–H groups in total. The molecule has 0 aliphatic heterocycles. The Morgan fingerprint density at radius 3 is 2.53 bits per heavy atom. The predicted molar refractivity (Wildman–Crippen MR) is 61.9 cm³/mol. The van der Waals surface area contributed by atoms with Gasteiger partial charge >= 0.3 is 0 Å². The Labute approximate surface area is 89.5 Å². The van der Waals surface area contributed by atoms with E-state index in [4.69, 9.17) is 10.4 Å². The standard InChI is InChI=1S/C12H15NO2/c1-4-5-10-6-7-11(13(14)15)8-12(10)9(2)3/h4-8,14-15H,2H2,1,3H3. The highest BCUT2D eigenvalue weighted by Gasteiger charge is 2.05. The molecule has 0 spiro atoms. The molecule has 80 valence electrons. The van der Waals surface area contributed by atoms with Gasteiger partial charge in [0, 0.05) is 0 Å². The number of hydrogen-bond donors (Lipinski definition) is 2. The van der Waals surface area contributed by atoms with Gasteiger partial charge in [-0.3, -0.25) is 10.4 Å². The Morgan fingerprint density at radius 1 is 1.40 bits per heavy atom. The predicted octanol–water partition coefficient (Wildman–Crippen LogP) is 3.34. The summed E-state index contributed by atoms with van der Waals surface area (Å²) in [5.74, 6) is 0. The van der Waals surface area contributed by atoms with Crippen molar-refractivity contribution in [2.75, 3.05) is 5.23 Å². The van der Waals surface area contributed by atoms with Crippen molar-refractivity contribution in [2.45, 2.75) is 13.8 Å². The highest BCUT2D eigenvalue weighted by Crippen LogP contribution is 2.24. The maximum atomic E-state index is 8.89. The van der Waals surface area contributed by atoms with Gasteiger partial charge in [-0.2, -0.15) is 0 Å². The first kappa shape index (κ1) is 11.5. The van der Waals surface area contributed by atoms with E-state index in [0.29, 0.717) is 5.69 Å². The van der Waals surface area contributed by atoms with Crippen LogP contribution in [-0.4, -0.2) is 10.4 Å². The molecule has 1 rings (SSSR count). The summed E-state index contributed by atoms with van der Waals surface area (Å²) in [4.78, 5) is 0. The minimum Gasteiger partial charge on any atom is -0.264 e. The molecule has 0 heterocycles. The number of allylic oxidation sites excluding steroid dienone is 2. The minimum atomic E-state index is 0.103. The van der Waals surface area contributed by atoms with E-state index in [1.165, 1.54) is 0 Å². The van der Waals surface area contributed by atoms with E-state index in [-0.39, 0.29) is 5.23 Å². The number of nitrogens with zero attached hydrogens (tertiary/aromatic N) is 1. The van der Waals surface area contributed by atoms with E-state index in [9.17, 15) is 0 Å². The monoisotopic (exact) mass is 205 g/mol. The first-order valence-corrected chi connectivity index (χ1v) is 4.66. The number of hydrogen-bond acceptors (Lipinski definition) is 3. The zero-order valence-electron chi connectivity index (χ0n) is 8.94. The fraction of sp³-hybridized carbons (Fsp3) is 0.167. The fourth-order valence-corrected chi connectivity index (χ4v) is 1.36. The van der Waals surface area contributed by atoms with Gasteiger partial charge in [-0.25, -0.2) is 0 Å². The molecule has 0 fully saturated rings. The molecule has 0 aliphatic carbocycles. The van der Waals surface area contributed by atoms with Crippen LogP contribution < -0.4 is 5.23 Å². The normalized spacial score (nSPS) is 10.7. The molecule has 3 nitrogen and oxygen atoms in total. The SMILES string of the molecule is C=C(C)c1cc(N(O)O)ccc1C=CC. The van der Waals surface area contributed by atoms with Crippen molar-refractivity contribution in [1.82, 2.24) is 0 Å². The zero-order chi connectivity index (χ0) is 11.4. The van der Waals surface area contributed by atoms with Gasteiger partial charge in [-0.05, 0) is 37.1 Å². The van der Waals surface area contributed by atoms with Gasteiger partial charge in [-0.15, -0.1) is 5.23 Å². The molecular formula is C12H15NO2. The Bertz CT molecular complexity index is 395. The van der Waals surface area contributed by atoms with E-state index >= 15 is 0 Å². The molecule has 1 aromatic rings. The van der Waals surface area contributed by atoms with Crippen molar-refractivity contribution in [1.29, 1.82) is 0 Å². The molecule has 0 saturated heterocycles. The summed E-state index contributed by atoms with van der Waals surface area (Å²) in [5, 5.41) is 17.9. The lowest BCUT2D eigenvalue weighted by Crippen LogP contribution is -2.11. The van der Waals surface area contributed by atoms with E-state index < -0.39 is 0 Å². The quantitative estimate of drug-likeness (QED) is 0.744. The molecular weight excluding hydrogens is 190 g/mol. The van der Waals surface area contributed by atoms with E-state index in [0.717, 1.165) is 16.7 Å². The van der Waals surface area contributed by atoms with Crippen molar-refractivity contribution >= 4 is 17.3 Å². The van der Waals surface area contributed by atoms with Crippen molar-refractivity contribution < 1.29 is 10.4 Å². The fourth-order valence-electron chi connectivity index (χ4n) is 1.36. The van der Waals surface area contributed by atoms with Crippen LogP contribution >= 0.6 is 0 Å². The largest absolute Gasteiger partial charge is 0.264 e. The van der Waals surface area contributed by atoms with Crippen molar-refractivity contribution in [3.05, 3.63) is 42.0 Å². The summed E-state index contributed by atoms with van der Waals surface area (Å²) < 4.78 is 0. The van der Waals surface area contributed by atoms with Crippen LogP contribution in [0.25, 0.3) is 11.6 Å². The third-order valence-electron chi connectivity index (χ3n) is 2.07. The second kappa shape index (κ2) is 4.77. The average Bonchev–Trinajstić information content (AvgIpc) is 2.18. The van der Waals surface area contributed by atoms with Crippen LogP contribution in [0.2, 0.25) is 0 Å². The molecule has 0 bridgehead atoms. The summed E-state index contributed by atoms with van der Waals surface area (Å²) >= 11 is 0. The molecule has 15 heavy (non-hydrogen) atoms. The zero-order valence-corrected chi connectivity index (χ0v) is 8.94. The molecule has 0 aliphatic rings. The van der Waals surface area contributed by atoms with Crippen LogP contribution in [0.3, 0.4) is 0 Å². The molecule has 0 aromatic heterocycles. The summed E-state index contributed by atoms with van der Waals surface area (Å²) in [6.45, 7) is 7.66. The second-order valence-corrected chi connectivity index (χ2v) is 3.34. The highest BCUT2D eigenvalue weighted by atomic mass is 16.8. The third-order valence-corrected chi connectivity index (χ3v) is 2.07. The van der Waals surface area contributed by atoms with Crippen LogP contribution in [0.5, 0.6) is 0 Å². The van der Waals surface area contributed by atoms with Crippen LogP contribution in [0.1, 0.15) is 25.0 Å². The van der Waals surface area contributed by atoms with Crippen molar-refractivity contribution in [2.24, 2.45) is 0 Å². The molecule has 1 aromatic carbocycles. The maximum absolute atomic E-state index is 8.89. The number of benzene rings is 1. The number of rotatable bonds is 3. The molecule has 0 saturated carbocycles. The Hall–Kier alpha value is -1.58. The molecule has 0 unspecified atom stereocenters. The lowest BCUT2D eigenvalue weighted by atomic mass is 10.0. The lowest BCUT2D eigenvalue weighted by Gasteiger charge is -2.12. The van der Waals surface area contributed by atoms with Crippen molar-refractivity contribution in [3.63, 3.8) is 0 Å². The van der Waals surface area contributed by atoms with E-state index in [2.05, 4.69) is 6.58 Å². The van der Waals surface area contributed by atoms with Crippen LogP contribution in [-0.2, 0) is 0 Å². The van der Waals surface area contributed by atoms with Crippen LogP contribution in [0.15, 0.2) is 30.9 Å². The van der Waals surface area contributed by atoms with Crippen molar-refractivity contribution in [3.8, 4) is 0 Å². The lowest BCUT2D eigenvalue weighted by molar-refractivity contribution is 0.0291. The molecule has 0 atom stereocenters. The summed E-state index contributed by atoms with van der Waals surface area (Å²) in [5.41, 5.74) is 3.11.